The van der Waals surface area contributed by atoms with Gasteiger partial charge in [-0.05, 0) is 25.0 Å². The molecule has 0 unspecified atom stereocenters. The number of nitrogens with one attached hydrogen (secondary N) is 1. The second-order valence-electron chi connectivity index (χ2n) is 6.23. The van der Waals surface area contributed by atoms with Crippen LogP contribution in [0.5, 0.6) is 0 Å². The number of nitro benzene ring substituents is 1. The number of imide groups is 1. The molecule has 1 saturated heterocycles. The summed E-state index contributed by atoms with van der Waals surface area (Å²) < 4.78 is 0. The molecule has 1 heterocycles. The van der Waals surface area contributed by atoms with Gasteiger partial charge in [0, 0.05) is 11.8 Å². The smallest absolute Gasteiger partial charge is 0.289 e. The molecule has 25 heavy (non-hydrogen) atoms. The first kappa shape index (κ1) is 17.3. The summed E-state index contributed by atoms with van der Waals surface area (Å²) >= 11 is 5.72. The summed E-state index contributed by atoms with van der Waals surface area (Å²) in [5, 5.41) is 13.3. The molecule has 8 nitrogen and oxygen atoms in total. The molecule has 9 heteroatoms. The number of rotatable bonds is 4. The molecule has 0 spiro atoms. The molecule has 132 valence electrons. The van der Waals surface area contributed by atoms with Crippen LogP contribution >= 0.6 is 11.6 Å². The SMILES string of the molecule is O=C(CN1C(=O)[C@H]2CCCC[C@@H]2C1=O)Nc1ccc(Cl)c([N+](=O)[O-])c1. The van der Waals surface area contributed by atoms with Crippen molar-refractivity contribution in [2.24, 2.45) is 11.8 Å². The maximum absolute atomic E-state index is 12.3. The van der Waals surface area contributed by atoms with Gasteiger partial charge in [-0.1, -0.05) is 24.4 Å². The zero-order valence-electron chi connectivity index (χ0n) is 13.2. The van der Waals surface area contributed by atoms with Crippen molar-refractivity contribution in [2.45, 2.75) is 25.7 Å². The van der Waals surface area contributed by atoms with Crippen molar-refractivity contribution >= 4 is 40.7 Å². The highest BCUT2D eigenvalue weighted by Crippen LogP contribution is 2.37. The summed E-state index contributed by atoms with van der Waals surface area (Å²) in [6.07, 6.45) is 3.18. The molecule has 2 atom stereocenters. The number of anilines is 1. The van der Waals surface area contributed by atoms with Crippen LogP contribution in [0.4, 0.5) is 11.4 Å². The molecule has 3 amide bonds. The molecule has 1 aliphatic carbocycles. The maximum atomic E-state index is 12.3. The van der Waals surface area contributed by atoms with Gasteiger partial charge >= 0.3 is 0 Å². The largest absolute Gasteiger partial charge is 0.324 e. The number of benzene rings is 1. The van der Waals surface area contributed by atoms with Gasteiger partial charge in [0.1, 0.15) is 11.6 Å². The molecule has 2 fully saturated rings. The van der Waals surface area contributed by atoms with Crippen molar-refractivity contribution in [3.05, 3.63) is 33.3 Å². The minimum Gasteiger partial charge on any atom is -0.324 e. The summed E-state index contributed by atoms with van der Waals surface area (Å²) in [7, 11) is 0. The van der Waals surface area contributed by atoms with Gasteiger partial charge in [-0.15, -0.1) is 0 Å². The fraction of sp³-hybridized carbons (Fsp3) is 0.438. The van der Waals surface area contributed by atoms with E-state index in [-0.39, 0.29) is 46.6 Å². The highest BCUT2D eigenvalue weighted by Gasteiger charge is 2.48. The van der Waals surface area contributed by atoms with Crippen molar-refractivity contribution in [1.29, 1.82) is 0 Å². The Kier molecular flexibility index (Phi) is 4.71. The van der Waals surface area contributed by atoms with Crippen LogP contribution in [0.3, 0.4) is 0 Å². The molecule has 1 N–H and O–H groups in total. The van der Waals surface area contributed by atoms with Crippen molar-refractivity contribution in [3.63, 3.8) is 0 Å². The van der Waals surface area contributed by atoms with E-state index in [0.717, 1.165) is 23.8 Å². The number of nitro groups is 1. The van der Waals surface area contributed by atoms with Gasteiger partial charge in [-0.25, -0.2) is 0 Å². The number of carbonyl (C=O) groups excluding carboxylic acids is 3. The lowest BCUT2D eigenvalue weighted by Gasteiger charge is -2.19. The van der Waals surface area contributed by atoms with Crippen LogP contribution in [0.1, 0.15) is 25.7 Å². The minimum atomic E-state index is -0.657. The van der Waals surface area contributed by atoms with E-state index in [4.69, 9.17) is 11.6 Å². The van der Waals surface area contributed by atoms with Gasteiger partial charge in [0.25, 0.3) is 5.69 Å². The van der Waals surface area contributed by atoms with Gasteiger partial charge in [-0.3, -0.25) is 29.4 Å². The number of fused-ring (bicyclic) bond motifs is 1. The lowest BCUT2D eigenvalue weighted by atomic mass is 9.81. The average molecular weight is 366 g/mol. The van der Waals surface area contributed by atoms with Gasteiger partial charge in [0.05, 0.1) is 16.8 Å². The first-order chi connectivity index (χ1) is 11.9. The molecule has 3 rings (SSSR count). The zero-order chi connectivity index (χ0) is 18.1. The number of halogens is 1. The summed E-state index contributed by atoms with van der Waals surface area (Å²) in [4.78, 5) is 48.1. The summed E-state index contributed by atoms with van der Waals surface area (Å²) in [6, 6.07) is 3.85. The second kappa shape index (κ2) is 6.79. The predicted molar refractivity (Wildman–Crippen MR) is 88.9 cm³/mol. The minimum absolute atomic E-state index is 0.0445. The molecule has 1 aromatic rings. The third kappa shape index (κ3) is 3.34. The molecule has 0 bridgehead atoms. The second-order valence-corrected chi connectivity index (χ2v) is 6.64. The number of amides is 3. The highest BCUT2D eigenvalue weighted by atomic mass is 35.5. The Morgan fingerprint density at radius 3 is 2.40 bits per heavy atom. The normalized spacial score (nSPS) is 22.7. The summed E-state index contributed by atoms with van der Waals surface area (Å²) in [5.74, 6) is -1.81. The van der Waals surface area contributed by atoms with Gasteiger partial charge in [-0.2, -0.15) is 0 Å². The zero-order valence-corrected chi connectivity index (χ0v) is 14.0. The number of hydrogen-bond donors (Lipinski definition) is 1. The number of nitrogens with zero attached hydrogens (tertiary/aromatic N) is 2. The average Bonchev–Trinajstić information content (AvgIpc) is 2.82. The van der Waals surface area contributed by atoms with Crippen LogP contribution in [0.25, 0.3) is 0 Å². The van der Waals surface area contributed by atoms with Crippen LogP contribution in [0, 0.1) is 22.0 Å². The fourth-order valence-electron chi connectivity index (χ4n) is 3.46. The molecular weight excluding hydrogens is 350 g/mol. The molecule has 0 aromatic heterocycles. The van der Waals surface area contributed by atoms with Crippen LogP contribution in [0.15, 0.2) is 18.2 Å². The highest BCUT2D eigenvalue weighted by molar-refractivity contribution is 6.32. The van der Waals surface area contributed by atoms with Gasteiger partial charge < -0.3 is 5.32 Å². The van der Waals surface area contributed by atoms with E-state index < -0.39 is 10.8 Å². The van der Waals surface area contributed by atoms with E-state index >= 15 is 0 Å². The van der Waals surface area contributed by atoms with Gasteiger partial charge in [0.15, 0.2) is 0 Å². The molecule has 2 aliphatic rings. The van der Waals surface area contributed by atoms with E-state index in [1.54, 1.807) is 0 Å². The Morgan fingerprint density at radius 2 is 1.84 bits per heavy atom. The van der Waals surface area contributed by atoms with Gasteiger partial charge in [0.2, 0.25) is 17.7 Å². The molecule has 1 aromatic carbocycles. The summed E-state index contributed by atoms with van der Waals surface area (Å²) in [6.45, 7) is -0.388. The summed E-state index contributed by atoms with van der Waals surface area (Å²) in [5.41, 5.74) is -0.156. The van der Waals surface area contributed by atoms with Crippen molar-refractivity contribution in [2.75, 3.05) is 11.9 Å². The Bertz CT molecular complexity index is 742. The van der Waals surface area contributed by atoms with Crippen LogP contribution in [0.2, 0.25) is 5.02 Å². The number of likely N-dealkylation sites (tertiary alicyclic amines) is 1. The fourth-order valence-corrected chi connectivity index (χ4v) is 3.65. The molecule has 0 radical (unpaired) electrons. The first-order valence-corrected chi connectivity index (χ1v) is 8.35. The van der Waals surface area contributed by atoms with E-state index in [0.29, 0.717) is 12.8 Å². The first-order valence-electron chi connectivity index (χ1n) is 7.97. The van der Waals surface area contributed by atoms with Crippen molar-refractivity contribution in [3.8, 4) is 0 Å². The van der Waals surface area contributed by atoms with E-state index in [1.165, 1.54) is 12.1 Å². The van der Waals surface area contributed by atoms with E-state index in [2.05, 4.69) is 5.32 Å². The van der Waals surface area contributed by atoms with Crippen LogP contribution in [-0.4, -0.2) is 34.1 Å². The molecule has 1 aliphatic heterocycles. The molecule has 1 saturated carbocycles. The Morgan fingerprint density at radius 1 is 1.24 bits per heavy atom. The van der Waals surface area contributed by atoms with Crippen molar-refractivity contribution in [1.82, 2.24) is 4.90 Å². The molecular formula is C16H16ClN3O5. The predicted octanol–water partition coefficient (Wildman–Crippen LogP) is 2.36. The lowest BCUT2D eigenvalue weighted by molar-refractivity contribution is -0.384. The van der Waals surface area contributed by atoms with Crippen LogP contribution in [-0.2, 0) is 14.4 Å². The van der Waals surface area contributed by atoms with E-state index in [1.807, 2.05) is 0 Å². The number of hydrogen-bond acceptors (Lipinski definition) is 5. The lowest BCUT2D eigenvalue weighted by Crippen LogP contribution is -2.38. The Balaban J connectivity index is 1.69. The van der Waals surface area contributed by atoms with Crippen LogP contribution < -0.4 is 5.32 Å². The number of carbonyl (C=O) groups is 3. The third-order valence-corrected chi connectivity index (χ3v) is 4.98. The third-order valence-electron chi connectivity index (χ3n) is 4.66. The van der Waals surface area contributed by atoms with Crippen molar-refractivity contribution < 1.29 is 19.3 Å². The van der Waals surface area contributed by atoms with E-state index in [9.17, 15) is 24.5 Å². The Hall–Kier alpha value is -2.48. The topological polar surface area (TPSA) is 110 Å². The quantitative estimate of drug-likeness (QED) is 0.500. The Labute approximate surface area is 148 Å². The monoisotopic (exact) mass is 365 g/mol. The maximum Gasteiger partial charge on any atom is 0.289 e. The standard InChI is InChI=1S/C16H16ClN3O5/c17-12-6-5-9(7-13(12)20(24)25)18-14(21)8-19-15(22)10-3-1-2-4-11(10)16(19)23/h5-7,10-11H,1-4,8H2,(H,18,21)/t10-,11-/m0/s1.